The normalized spacial score (nSPS) is 17.6. The van der Waals surface area contributed by atoms with E-state index in [1.165, 1.54) is 6.07 Å². The summed E-state index contributed by atoms with van der Waals surface area (Å²) in [5.41, 5.74) is 9.31. The highest BCUT2D eigenvalue weighted by molar-refractivity contribution is 5.56. The second-order valence-corrected chi connectivity index (χ2v) is 5.53. The Morgan fingerprint density at radius 3 is 2.76 bits per heavy atom. The van der Waals surface area contributed by atoms with Gasteiger partial charge in [-0.2, -0.15) is 0 Å². The maximum Gasteiger partial charge on any atom is 0.159 e. The van der Waals surface area contributed by atoms with Crippen molar-refractivity contribution in [1.29, 1.82) is 0 Å². The molecule has 0 radical (unpaired) electrons. The maximum absolute atomic E-state index is 13.4. The van der Waals surface area contributed by atoms with Crippen LogP contribution >= 0.6 is 0 Å². The van der Waals surface area contributed by atoms with Crippen molar-refractivity contribution in [2.75, 3.05) is 6.54 Å². The average molecular weight is 289 g/mol. The van der Waals surface area contributed by atoms with Gasteiger partial charge >= 0.3 is 0 Å². The lowest BCUT2D eigenvalue weighted by Crippen LogP contribution is -2.24. The highest BCUT2D eigenvalue weighted by Crippen LogP contribution is 2.28. The van der Waals surface area contributed by atoms with Crippen LogP contribution in [0.3, 0.4) is 0 Å². The van der Waals surface area contributed by atoms with Gasteiger partial charge in [0.25, 0.3) is 0 Å². The van der Waals surface area contributed by atoms with Crippen LogP contribution in [0.25, 0.3) is 11.4 Å². The number of benzene rings is 1. The first-order valence-corrected chi connectivity index (χ1v) is 7.10. The molecular weight excluding hydrogens is 272 g/mol. The number of rotatable bonds is 2. The molecule has 1 aromatic carbocycles. The van der Waals surface area contributed by atoms with Gasteiger partial charge in [0.15, 0.2) is 17.5 Å². The molecule has 1 aliphatic rings. The van der Waals surface area contributed by atoms with Gasteiger partial charge in [0.2, 0.25) is 0 Å². The number of hydrogen-bond donors (Lipinski definition) is 1. The summed E-state index contributed by atoms with van der Waals surface area (Å²) in [5, 5.41) is 0. The first-order valence-electron chi connectivity index (χ1n) is 7.10. The van der Waals surface area contributed by atoms with Crippen molar-refractivity contribution in [3.05, 3.63) is 46.8 Å². The fraction of sp³-hybridized carbons (Fsp3) is 0.375. The molecule has 3 rings (SSSR count). The average Bonchev–Trinajstić information content (AvgIpc) is 2.49. The van der Waals surface area contributed by atoms with Crippen LogP contribution in [0.4, 0.5) is 8.78 Å². The lowest BCUT2D eigenvalue weighted by Gasteiger charge is -2.24. The molecule has 2 N–H and O–H groups in total. The molecular formula is C16H17F2N3. The molecule has 0 aliphatic heterocycles. The van der Waals surface area contributed by atoms with Crippen LogP contribution in [-0.2, 0) is 12.8 Å². The van der Waals surface area contributed by atoms with E-state index in [1.54, 1.807) is 0 Å². The summed E-state index contributed by atoms with van der Waals surface area (Å²) >= 11 is 0. The molecule has 110 valence electrons. The minimum absolute atomic E-state index is 0.455. The number of nitrogens with zero attached hydrogens (tertiary/aromatic N) is 2. The minimum Gasteiger partial charge on any atom is -0.330 e. The molecule has 3 nitrogen and oxygen atoms in total. The van der Waals surface area contributed by atoms with Gasteiger partial charge in [0.05, 0.1) is 0 Å². The predicted octanol–water partition coefficient (Wildman–Crippen LogP) is 2.79. The van der Waals surface area contributed by atoms with Crippen LogP contribution in [0.5, 0.6) is 0 Å². The van der Waals surface area contributed by atoms with Crippen LogP contribution in [0.15, 0.2) is 18.2 Å². The van der Waals surface area contributed by atoms with Gasteiger partial charge in [-0.15, -0.1) is 0 Å². The van der Waals surface area contributed by atoms with E-state index >= 15 is 0 Å². The fourth-order valence-corrected chi connectivity index (χ4v) is 2.82. The maximum atomic E-state index is 13.4. The molecule has 0 amide bonds. The van der Waals surface area contributed by atoms with Crippen molar-refractivity contribution in [3.8, 4) is 11.4 Å². The zero-order chi connectivity index (χ0) is 15.0. The van der Waals surface area contributed by atoms with E-state index in [-0.39, 0.29) is 0 Å². The van der Waals surface area contributed by atoms with Gasteiger partial charge in [-0.25, -0.2) is 18.7 Å². The van der Waals surface area contributed by atoms with Gasteiger partial charge in [-0.05, 0) is 62.4 Å². The second-order valence-electron chi connectivity index (χ2n) is 5.53. The third kappa shape index (κ3) is 2.65. The van der Waals surface area contributed by atoms with Gasteiger partial charge in [-0.3, -0.25) is 0 Å². The Hall–Kier alpha value is -1.88. The monoisotopic (exact) mass is 289 g/mol. The topological polar surface area (TPSA) is 51.8 Å². The largest absolute Gasteiger partial charge is 0.330 e. The van der Waals surface area contributed by atoms with Crippen LogP contribution in [0.1, 0.15) is 23.4 Å². The van der Waals surface area contributed by atoms with Crippen LogP contribution in [0.2, 0.25) is 0 Å². The highest BCUT2D eigenvalue weighted by atomic mass is 19.2. The highest BCUT2D eigenvalue weighted by Gasteiger charge is 2.22. The van der Waals surface area contributed by atoms with Crippen molar-refractivity contribution in [3.63, 3.8) is 0 Å². The number of halogens is 2. The molecule has 0 saturated heterocycles. The molecule has 0 bridgehead atoms. The Kier molecular flexibility index (Phi) is 3.68. The Labute approximate surface area is 122 Å². The van der Waals surface area contributed by atoms with E-state index in [2.05, 4.69) is 9.97 Å². The quantitative estimate of drug-likeness (QED) is 0.925. The first kappa shape index (κ1) is 14.1. The number of aryl methyl sites for hydroxylation is 2. The molecule has 5 heteroatoms. The van der Waals surface area contributed by atoms with Gasteiger partial charge in [-0.1, -0.05) is 0 Å². The SMILES string of the molecule is Cc1nc(-c2ccc(F)c(F)c2)nc2c1CC(CN)CC2. The molecule has 21 heavy (non-hydrogen) atoms. The Bertz CT molecular complexity index is 685. The lowest BCUT2D eigenvalue weighted by molar-refractivity contribution is 0.460. The zero-order valence-electron chi connectivity index (χ0n) is 11.9. The van der Waals surface area contributed by atoms with E-state index in [1.807, 2.05) is 6.92 Å². The molecule has 0 saturated carbocycles. The summed E-state index contributed by atoms with van der Waals surface area (Å²) in [7, 11) is 0. The molecule has 0 fully saturated rings. The van der Waals surface area contributed by atoms with Crippen molar-refractivity contribution in [2.45, 2.75) is 26.2 Å². The lowest BCUT2D eigenvalue weighted by atomic mass is 9.86. The molecule has 1 heterocycles. The Morgan fingerprint density at radius 2 is 2.05 bits per heavy atom. The molecule has 1 aromatic heterocycles. The molecule has 1 aliphatic carbocycles. The first-order chi connectivity index (χ1) is 10.1. The number of aromatic nitrogens is 2. The van der Waals surface area contributed by atoms with E-state index in [0.717, 1.165) is 48.3 Å². The van der Waals surface area contributed by atoms with Crippen molar-refractivity contribution < 1.29 is 8.78 Å². The number of hydrogen-bond acceptors (Lipinski definition) is 3. The summed E-state index contributed by atoms with van der Waals surface area (Å²) in [6.07, 6.45) is 2.77. The molecule has 1 unspecified atom stereocenters. The van der Waals surface area contributed by atoms with Gasteiger partial charge in [0.1, 0.15) is 0 Å². The third-order valence-electron chi connectivity index (χ3n) is 4.09. The molecule has 2 aromatic rings. The minimum atomic E-state index is -0.880. The predicted molar refractivity (Wildman–Crippen MR) is 76.7 cm³/mol. The smallest absolute Gasteiger partial charge is 0.159 e. The van der Waals surface area contributed by atoms with Crippen LogP contribution in [-0.4, -0.2) is 16.5 Å². The van der Waals surface area contributed by atoms with Crippen molar-refractivity contribution >= 4 is 0 Å². The Balaban J connectivity index is 2.02. The standard InChI is InChI=1S/C16H17F2N3/c1-9-12-6-10(8-19)2-5-15(12)21-16(20-9)11-3-4-13(17)14(18)7-11/h3-4,7,10H,2,5-6,8,19H2,1H3. The van der Waals surface area contributed by atoms with E-state index in [4.69, 9.17) is 5.73 Å². The fourth-order valence-electron chi connectivity index (χ4n) is 2.82. The van der Waals surface area contributed by atoms with Crippen molar-refractivity contribution in [1.82, 2.24) is 9.97 Å². The van der Waals surface area contributed by atoms with E-state index in [9.17, 15) is 8.78 Å². The zero-order valence-corrected chi connectivity index (χ0v) is 11.9. The van der Waals surface area contributed by atoms with Gasteiger partial charge in [0, 0.05) is 17.0 Å². The molecule has 1 atom stereocenters. The van der Waals surface area contributed by atoms with E-state index < -0.39 is 11.6 Å². The summed E-state index contributed by atoms with van der Waals surface area (Å²) in [6, 6.07) is 3.75. The second kappa shape index (κ2) is 5.48. The van der Waals surface area contributed by atoms with Crippen LogP contribution < -0.4 is 5.73 Å². The van der Waals surface area contributed by atoms with Crippen LogP contribution in [0, 0.1) is 24.5 Å². The van der Waals surface area contributed by atoms with Crippen molar-refractivity contribution in [2.24, 2.45) is 11.7 Å². The Morgan fingerprint density at radius 1 is 1.24 bits per heavy atom. The summed E-state index contributed by atoms with van der Waals surface area (Å²) < 4.78 is 26.4. The summed E-state index contributed by atoms with van der Waals surface area (Å²) in [5.74, 6) is -0.806. The number of fused-ring (bicyclic) bond motifs is 1. The summed E-state index contributed by atoms with van der Waals surface area (Å²) in [6.45, 7) is 2.60. The molecule has 0 spiro atoms. The number of nitrogens with two attached hydrogens (primary N) is 1. The van der Waals surface area contributed by atoms with E-state index in [0.29, 0.717) is 23.9 Å². The summed E-state index contributed by atoms with van der Waals surface area (Å²) in [4.78, 5) is 9.00. The third-order valence-corrected chi connectivity index (χ3v) is 4.09. The van der Waals surface area contributed by atoms with Gasteiger partial charge < -0.3 is 5.73 Å².